The average Bonchev–Trinajstić information content (AvgIpc) is 3.28. The summed E-state index contributed by atoms with van der Waals surface area (Å²) in [6.45, 7) is 12.1. The SMILES string of the molecule is CC.CC.CN[C@H](C1=Cc2cccnc2[C@@H](N2CCN(C)CC2)c2ccc(Cl)cc21)c1cncn1C. The Labute approximate surface area is 222 Å². The van der Waals surface area contributed by atoms with Gasteiger partial charge in [-0.1, -0.05) is 51.4 Å². The lowest BCUT2D eigenvalue weighted by Gasteiger charge is -2.38. The summed E-state index contributed by atoms with van der Waals surface area (Å²) in [5.41, 5.74) is 6.97. The van der Waals surface area contributed by atoms with Crippen molar-refractivity contribution >= 4 is 23.3 Å². The number of benzene rings is 1. The highest BCUT2D eigenvalue weighted by Gasteiger charge is 2.34. The number of hydrogen-bond donors (Lipinski definition) is 1. The van der Waals surface area contributed by atoms with E-state index in [1.807, 2.05) is 72.6 Å². The third-order valence-corrected chi connectivity index (χ3v) is 6.95. The first kappa shape index (κ1) is 28.1. The summed E-state index contributed by atoms with van der Waals surface area (Å²) in [6, 6.07) is 10.6. The standard InChI is InChI=1S/C25H29ClN6.2C2H6/c1-27-24(22-15-28-16-31(22)3)21-13-17-5-4-8-29-23(17)25(32-11-9-30(2)10-12-32)19-7-6-18(26)14-20(19)21;2*1-2/h4-8,13-16,24-25,27H,9-12H2,1-3H3;2*1-2H3/t24-,25+;;/m1../s1. The van der Waals surface area contributed by atoms with Gasteiger partial charge in [0.1, 0.15) is 0 Å². The number of hydrogen-bond acceptors (Lipinski definition) is 5. The van der Waals surface area contributed by atoms with E-state index in [9.17, 15) is 0 Å². The average molecular weight is 509 g/mol. The van der Waals surface area contributed by atoms with E-state index >= 15 is 0 Å². The molecule has 7 heteroatoms. The van der Waals surface area contributed by atoms with Gasteiger partial charge >= 0.3 is 0 Å². The molecule has 5 rings (SSSR count). The van der Waals surface area contributed by atoms with Gasteiger partial charge in [0.25, 0.3) is 0 Å². The van der Waals surface area contributed by atoms with Crippen molar-refractivity contribution in [1.29, 1.82) is 0 Å². The fraction of sp³-hybridized carbons (Fsp3) is 0.448. The summed E-state index contributed by atoms with van der Waals surface area (Å²) in [4.78, 5) is 14.2. The minimum absolute atomic E-state index is 0.0287. The Kier molecular flexibility index (Phi) is 10.3. The Morgan fingerprint density at radius 3 is 2.39 bits per heavy atom. The number of rotatable bonds is 4. The maximum absolute atomic E-state index is 6.56. The van der Waals surface area contributed by atoms with E-state index in [2.05, 4.69) is 56.0 Å². The Hall–Kier alpha value is -2.51. The van der Waals surface area contributed by atoms with Gasteiger partial charge in [0, 0.05) is 44.4 Å². The maximum Gasteiger partial charge on any atom is 0.0946 e. The predicted octanol–water partition coefficient (Wildman–Crippen LogP) is 5.67. The molecule has 0 bridgehead atoms. The van der Waals surface area contributed by atoms with Crippen LogP contribution in [0.5, 0.6) is 0 Å². The number of fused-ring (bicyclic) bond motifs is 2. The summed E-state index contributed by atoms with van der Waals surface area (Å²) in [5, 5.41) is 4.26. The Balaban J connectivity index is 0.000000861. The number of pyridine rings is 1. The summed E-state index contributed by atoms with van der Waals surface area (Å²) >= 11 is 6.56. The molecule has 3 aromatic rings. The molecule has 1 aromatic carbocycles. The minimum atomic E-state index is -0.0287. The van der Waals surface area contributed by atoms with Gasteiger partial charge in [-0.3, -0.25) is 9.88 Å². The minimum Gasteiger partial charge on any atom is -0.336 e. The Morgan fingerprint density at radius 2 is 1.75 bits per heavy atom. The number of likely N-dealkylation sites (N-methyl/N-ethyl adjacent to an activating group) is 2. The first-order valence-electron chi connectivity index (χ1n) is 13.1. The number of halogens is 1. The highest BCUT2D eigenvalue weighted by molar-refractivity contribution is 6.30. The van der Waals surface area contributed by atoms with Crippen LogP contribution in [-0.4, -0.2) is 64.6 Å². The van der Waals surface area contributed by atoms with Crippen molar-refractivity contribution in [3.05, 3.63) is 82.2 Å². The number of aryl methyl sites for hydroxylation is 1. The van der Waals surface area contributed by atoms with Crippen LogP contribution in [0, 0.1) is 0 Å². The number of nitrogens with zero attached hydrogens (tertiary/aromatic N) is 5. The molecular formula is C29H41ClN6. The lowest BCUT2D eigenvalue weighted by Crippen LogP contribution is -2.46. The monoisotopic (exact) mass is 508 g/mol. The van der Waals surface area contributed by atoms with E-state index in [-0.39, 0.29) is 12.1 Å². The fourth-order valence-electron chi connectivity index (χ4n) is 4.99. The molecule has 36 heavy (non-hydrogen) atoms. The van der Waals surface area contributed by atoms with Crippen LogP contribution in [0.25, 0.3) is 11.6 Å². The van der Waals surface area contributed by atoms with Crippen LogP contribution in [0.15, 0.2) is 49.1 Å². The van der Waals surface area contributed by atoms with Crippen LogP contribution in [0.2, 0.25) is 5.02 Å². The van der Waals surface area contributed by atoms with E-state index in [1.54, 1.807) is 0 Å². The predicted molar refractivity (Wildman–Crippen MR) is 152 cm³/mol. The fourth-order valence-corrected chi connectivity index (χ4v) is 5.16. The quantitative estimate of drug-likeness (QED) is 0.492. The molecule has 1 aliphatic heterocycles. The molecule has 2 aliphatic rings. The van der Waals surface area contributed by atoms with Crippen LogP contribution >= 0.6 is 11.6 Å². The van der Waals surface area contributed by atoms with Crippen molar-refractivity contribution < 1.29 is 0 Å². The van der Waals surface area contributed by atoms with E-state index in [0.717, 1.165) is 48.2 Å². The summed E-state index contributed by atoms with van der Waals surface area (Å²) < 4.78 is 2.07. The van der Waals surface area contributed by atoms with Gasteiger partial charge in [0.15, 0.2) is 0 Å². The van der Waals surface area contributed by atoms with Crippen molar-refractivity contribution in [3.63, 3.8) is 0 Å². The number of piperazine rings is 1. The summed E-state index contributed by atoms with van der Waals surface area (Å²) in [7, 11) is 6.22. The zero-order chi connectivity index (χ0) is 26.2. The van der Waals surface area contributed by atoms with Crippen molar-refractivity contribution in [2.75, 3.05) is 40.3 Å². The van der Waals surface area contributed by atoms with Crippen LogP contribution in [0.3, 0.4) is 0 Å². The van der Waals surface area contributed by atoms with Gasteiger partial charge in [0.2, 0.25) is 0 Å². The van der Waals surface area contributed by atoms with Crippen LogP contribution in [0.4, 0.5) is 0 Å². The molecule has 1 saturated heterocycles. The lowest BCUT2D eigenvalue weighted by molar-refractivity contribution is 0.125. The molecule has 1 aliphatic carbocycles. The molecule has 0 amide bonds. The second-order valence-corrected chi connectivity index (χ2v) is 9.14. The van der Waals surface area contributed by atoms with Crippen LogP contribution in [0.1, 0.15) is 67.9 Å². The first-order chi connectivity index (χ1) is 17.6. The molecule has 1 N–H and O–H groups in total. The van der Waals surface area contributed by atoms with Gasteiger partial charge in [-0.25, -0.2) is 4.98 Å². The van der Waals surface area contributed by atoms with E-state index < -0.39 is 0 Å². The molecule has 2 atom stereocenters. The highest BCUT2D eigenvalue weighted by atomic mass is 35.5. The molecule has 0 radical (unpaired) electrons. The van der Waals surface area contributed by atoms with Gasteiger partial charge in [0.05, 0.1) is 36.0 Å². The Morgan fingerprint density at radius 1 is 1.03 bits per heavy atom. The molecular weight excluding hydrogens is 468 g/mol. The second kappa shape index (κ2) is 13.2. The first-order valence-corrected chi connectivity index (χ1v) is 13.5. The number of nitrogens with one attached hydrogen (secondary N) is 1. The van der Waals surface area contributed by atoms with Crippen molar-refractivity contribution in [3.8, 4) is 0 Å². The molecule has 6 nitrogen and oxygen atoms in total. The van der Waals surface area contributed by atoms with Gasteiger partial charge in [-0.15, -0.1) is 0 Å². The van der Waals surface area contributed by atoms with Crippen molar-refractivity contribution in [1.82, 2.24) is 29.7 Å². The molecule has 0 spiro atoms. The van der Waals surface area contributed by atoms with Gasteiger partial charge in [-0.2, -0.15) is 0 Å². The normalized spacial score (nSPS) is 18.3. The molecule has 2 aromatic heterocycles. The Bertz CT molecular complexity index is 1150. The van der Waals surface area contributed by atoms with E-state index in [1.165, 1.54) is 16.7 Å². The smallest absolute Gasteiger partial charge is 0.0946 e. The van der Waals surface area contributed by atoms with Crippen LogP contribution < -0.4 is 5.32 Å². The lowest BCUT2D eigenvalue weighted by atomic mass is 9.90. The van der Waals surface area contributed by atoms with E-state index in [0.29, 0.717) is 0 Å². The maximum atomic E-state index is 6.56. The van der Waals surface area contributed by atoms with Gasteiger partial charge < -0.3 is 14.8 Å². The van der Waals surface area contributed by atoms with Gasteiger partial charge in [-0.05, 0) is 60.6 Å². The second-order valence-electron chi connectivity index (χ2n) is 8.70. The largest absolute Gasteiger partial charge is 0.336 e. The number of aromatic nitrogens is 3. The number of imidazole rings is 1. The zero-order valence-corrected chi connectivity index (χ0v) is 23.5. The summed E-state index contributed by atoms with van der Waals surface area (Å²) in [6.07, 6.45) is 7.96. The molecule has 1 fully saturated rings. The highest BCUT2D eigenvalue weighted by Crippen LogP contribution is 2.44. The third kappa shape index (κ3) is 5.73. The molecule has 0 unspecified atom stereocenters. The van der Waals surface area contributed by atoms with Crippen molar-refractivity contribution in [2.45, 2.75) is 39.8 Å². The molecule has 0 saturated carbocycles. The van der Waals surface area contributed by atoms with Crippen molar-refractivity contribution in [2.24, 2.45) is 7.05 Å². The third-order valence-electron chi connectivity index (χ3n) is 6.71. The van der Waals surface area contributed by atoms with E-state index in [4.69, 9.17) is 16.6 Å². The molecule has 194 valence electrons. The topological polar surface area (TPSA) is 49.2 Å². The summed E-state index contributed by atoms with van der Waals surface area (Å²) in [5.74, 6) is 0. The van der Waals surface area contributed by atoms with Crippen LogP contribution in [-0.2, 0) is 7.05 Å². The zero-order valence-electron chi connectivity index (χ0n) is 22.8. The molecule has 3 heterocycles.